The monoisotopic (exact) mass is 244 g/mol. The Balaban J connectivity index is 2.20. The smallest absolute Gasteiger partial charge is 0.168 e. The van der Waals surface area contributed by atoms with Gasteiger partial charge in [-0.2, -0.15) is 0 Å². The van der Waals surface area contributed by atoms with Crippen LogP contribution in [0.4, 0.5) is 14.6 Å². The molecule has 0 spiro atoms. The molecular weight excluding hydrogens is 230 g/mol. The van der Waals surface area contributed by atoms with Gasteiger partial charge in [0.05, 0.1) is 25.0 Å². The number of hydrogen-bond donors (Lipinski definition) is 1. The number of morpholine rings is 1. The van der Waals surface area contributed by atoms with Gasteiger partial charge < -0.3 is 14.7 Å². The summed E-state index contributed by atoms with van der Waals surface area (Å²) in [6.45, 7) is 2.50. The molecule has 1 aromatic heterocycles. The molecule has 2 unspecified atom stereocenters. The fraction of sp³-hybridized carbons (Fsp3) is 0.545. The lowest BCUT2D eigenvalue weighted by molar-refractivity contribution is -0.0424. The highest BCUT2D eigenvalue weighted by Gasteiger charge is 2.27. The summed E-state index contributed by atoms with van der Waals surface area (Å²) in [4.78, 5) is 5.40. The molecule has 0 radical (unpaired) electrons. The van der Waals surface area contributed by atoms with Gasteiger partial charge >= 0.3 is 0 Å². The average molecular weight is 244 g/mol. The fourth-order valence-corrected chi connectivity index (χ4v) is 1.96. The number of rotatable bonds is 2. The summed E-state index contributed by atoms with van der Waals surface area (Å²) in [6, 6.07) is 0.802. The highest BCUT2D eigenvalue weighted by Crippen LogP contribution is 2.21. The van der Waals surface area contributed by atoms with Crippen molar-refractivity contribution in [3.8, 4) is 0 Å². The molecule has 6 heteroatoms. The van der Waals surface area contributed by atoms with E-state index in [0.717, 1.165) is 12.3 Å². The minimum atomic E-state index is -0.703. The SMILES string of the molecule is CC1CN(c2ncc(F)cc2F)CC(CO)O1. The fourth-order valence-electron chi connectivity index (χ4n) is 1.96. The molecule has 1 aromatic rings. The van der Waals surface area contributed by atoms with Crippen LogP contribution in [0.15, 0.2) is 12.3 Å². The van der Waals surface area contributed by atoms with Gasteiger partial charge in [0.25, 0.3) is 0 Å². The van der Waals surface area contributed by atoms with Crippen molar-refractivity contribution < 1.29 is 18.6 Å². The lowest BCUT2D eigenvalue weighted by Gasteiger charge is -2.36. The van der Waals surface area contributed by atoms with Crippen LogP contribution in [0.1, 0.15) is 6.92 Å². The number of hydrogen-bond acceptors (Lipinski definition) is 4. The van der Waals surface area contributed by atoms with Crippen LogP contribution >= 0.6 is 0 Å². The molecule has 2 heterocycles. The van der Waals surface area contributed by atoms with Crippen molar-refractivity contribution in [3.05, 3.63) is 23.9 Å². The van der Waals surface area contributed by atoms with Gasteiger partial charge in [0.1, 0.15) is 5.82 Å². The zero-order chi connectivity index (χ0) is 12.4. The topological polar surface area (TPSA) is 45.6 Å². The number of nitrogens with zero attached hydrogens (tertiary/aromatic N) is 2. The molecule has 1 saturated heterocycles. The van der Waals surface area contributed by atoms with E-state index in [1.165, 1.54) is 0 Å². The van der Waals surface area contributed by atoms with E-state index in [4.69, 9.17) is 9.84 Å². The Morgan fingerprint density at radius 3 is 2.94 bits per heavy atom. The van der Waals surface area contributed by atoms with E-state index in [1.807, 2.05) is 6.92 Å². The third kappa shape index (κ3) is 2.70. The zero-order valence-electron chi connectivity index (χ0n) is 9.44. The lowest BCUT2D eigenvalue weighted by Crippen LogP contribution is -2.48. The summed E-state index contributed by atoms with van der Waals surface area (Å²) in [6.07, 6.45) is 0.476. The first-order valence-electron chi connectivity index (χ1n) is 5.42. The number of ether oxygens (including phenoxy) is 1. The van der Waals surface area contributed by atoms with Crippen LogP contribution in [0.25, 0.3) is 0 Å². The molecule has 2 rings (SSSR count). The van der Waals surface area contributed by atoms with E-state index in [0.29, 0.717) is 13.1 Å². The molecule has 1 aliphatic rings. The quantitative estimate of drug-likeness (QED) is 0.841. The van der Waals surface area contributed by atoms with Gasteiger partial charge in [0.15, 0.2) is 11.6 Å². The maximum Gasteiger partial charge on any atom is 0.168 e. The molecule has 1 N–H and O–H groups in total. The van der Waals surface area contributed by atoms with Crippen molar-refractivity contribution in [1.82, 2.24) is 4.98 Å². The second-order valence-electron chi connectivity index (χ2n) is 4.12. The number of anilines is 1. The molecule has 1 aliphatic heterocycles. The largest absolute Gasteiger partial charge is 0.394 e. The van der Waals surface area contributed by atoms with Gasteiger partial charge in [-0.25, -0.2) is 13.8 Å². The summed E-state index contributed by atoms with van der Waals surface area (Å²) < 4.78 is 31.7. The molecular formula is C11H14F2N2O2. The summed E-state index contributed by atoms with van der Waals surface area (Å²) in [7, 11) is 0. The van der Waals surface area contributed by atoms with Gasteiger partial charge in [0, 0.05) is 19.2 Å². The molecule has 0 aromatic carbocycles. The normalized spacial score (nSPS) is 25.1. The Kier molecular flexibility index (Phi) is 3.54. The number of halogens is 2. The molecule has 94 valence electrons. The first-order valence-corrected chi connectivity index (χ1v) is 5.42. The van der Waals surface area contributed by atoms with Gasteiger partial charge in [-0.3, -0.25) is 0 Å². The van der Waals surface area contributed by atoms with Crippen LogP contribution in [0.2, 0.25) is 0 Å². The van der Waals surface area contributed by atoms with Crippen LogP contribution < -0.4 is 4.90 Å². The van der Waals surface area contributed by atoms with Crippen molar-refractivity contribution in [2.24, 2.45) is 0 Å². The molecule has 0 amide bonds. The van der Waals surface area contributed by atoms with E-state index < -0.39 is 11.6 Å². The highest BCUT2D eigenvalue weighted by molar-refractivity contribution is 5.40. The summed E-state index contributed by atoms with van der Waals surface area (Å²) >= 11 is 0. The second kappa shape index (κ2) is 4.93. The van der Waals surface area contributed by atoms with E-state index >= 15 is 0 Å². The maximum absolute atomic E-state index is 13.5. The Bertz CT molecular complexity index is 403. The summed E-state index contributed by atoms with van der Waals surface area (Å²) in [5, 5.41) is 9.06. The van der Waals surface area contributed by atoms with Crippen LogP contribution in [-0.2, 0) is 4.74 Å². The third-order valence-corrected chi connectivity index (χ3v) is 2.62. The first-order chi connectivity index (χ1) is 8.10. The molecule has 2 atom stereocenters. The van der Waals surface area contributed by atoms with Gasteiger partial charge in [-0.15, -0.1) is 0 Å². The Morgan fingerprint density at radius 1 is 1.53 bits per heavy atom. The van der Waals surface area contributed by atoms with E-state index in [1.54, 1.807) is 4.90 Å². The predicted octanol–water partition coefficient (Wildman–Crippen LogP) is 0.946. The molecule has 17 heavy (non-hydrogen) atoms. The lowest BCUT2D eigenvalue weighted by atomic mass is 10.2. The zero-order valence-corrected chi connectivity index (χ0v) is 9.44. The maximum atomic E-state index is 13.5. The van der Waals surface area contributed by atoms with E-state index in [9.17, 15) is 8.78 Å². The molecule has 4 nitrogen and oxygen atoms in total. The Morgan fingerprint density at radius 2 is 2.29 bits per heavy atom. The average Bonchev–Trinajstić information content (AvgIpc) is 2.28. The standard InChI is InChI=1S/C11H14F2N2O2/c1-7-4-15(5-9(6-16)17-7)11-10(13)2-8(12)3-14-11/h2-3,7,9,16H,4-6H2,1H3. The van der Waals surface area contributed by atoms with Crippen molar-refractivity contribution >= 4 is 5.82 Å². The van der Waals surface area contributed by atoms with Crippen molar-refractivity contribution in [2.75, 3.05) is 24.6 Å². The molecule has 0 bridgehead atoms. The number of aromatic nitrogens is 1. The molecule has 0 aliphatic carbocycles. The summed E-state index contributed by atoms with van der Waals surface area (Å²) in [5.74, 6) is -1.30. The minimum absolute atomic E-state index is 0.0972. The van der Waals surface area contributed by atoms with Crippen LogP contribution in [0, 0.1) is 11.6 Å². The van der Waals surface area contributed by atoms with Gasteiger partial charge in [-0.1, -0.05) is 0 Å². The summed E-state index contributed by atoms with van der Waals surface area (Å²) in [5.41, 5.74) is 0. The first kappa shape index (κ1) is 12.2. The highest BCUT2D eigenvalue weighted by atomic mass is 19.1. The van der Waals surface area contributed by atoms with E-state index in [-0.39, 0.29) is 24.6 Å². The van der Waals surface area contributed by atoms with Gasteiger partial charge in [-0.05, 0) is 6.92 Å². The van der Waals surface area contributed by atoms with Gasteiger partial charge in [0.2, 0.25) is 0 Å². The molecule has 1 fully saturated rings. The molecule has 0 saturated carbocycles. The van der Waals surface area contributed by atoms with Crippen LogP contribution in [0.3, 0.4) is 0 Å². The van der Waals surface area contributed by atoms with Crippen molar-refractivity contribution in [3.63, 3.8) is 0 Å². The van der Waals surface area contributed by atoms with Crippen LogP contribution in [0.5, 0.6) is 0 Å². The Labute approximate surface area is 97.8 Å². The van der Waals surface area contributed by atoms with Crippen LogP contribution in [-0.4, -0.2) is 42.0 Å². The number of aliphatic hydroxyl groups is 1. The van der Waals surface area contributed by atoms with Crippen molar-refractivity contribution in [1.29, 1.82) is 0 Å². The number of pyridine rings is 1. The van der Waals surface area contributed by atoms with Crippen molar-refractivity contribution in [2.45, 2.75) is 19.1 Å². The minimum Gasteiger partial charge on any atom is -0.394 e. The Hall–Kier alpha value is -1.27. The second-order valence-corrected chi connectivity index (χ2v) is 4.12. The van der Waals surface area contributed by atoms with E-state index in [2.05, 4.69) is 4.98 Å². The number of aliphatic hydroxyl groups excluding tert-OH is 1. The predicted molar refractivity (Wildman–Crippen MR) is 57.8 cm³/mol. The third-order valence-electron chi connectivity index (χ3n) is 2.62.